The van der Waals surface area contributed by atoms with Crippen LogP contribution in [0.5, 0.6) is 0 Å². The summed E-state index contributed by atoms with van der Waals surface area (Å²) in [5.74, 6) is -0.292. The van der Waals surface area contributed by atoms with Crippen LogP contribution in [0.2, 0.25) is 0 Å². The standard InChI is InChI=1S/C19H24FNO2/c1-14-11-16(20)9-10-17(14)18(22)12-21-19(2,13-23-3)15-7-5-4-6-8-15/h4-11,18,21-22H,12-13H2,1-3H3. The van der Waals surface area contributed by atoms with Crippen LogP contribution in [0.25, 0.3) is 0 Å². The molecule has 2 aromatic rings. The second-order valence-corrected chi connectivity index (χ2v) is 6.03. The lowest BCUT2D eigenvalue weighted by molar-refractivity contribution is 0.0979. The van der Waals surface area contributed by atoms with E-state index in [0.29, 0.717) is 13.2 Å². The molecule has 2 rings (SSSR count). The Morgan fingerprint density at radius 2 is 1.91 bits per heavy atom. The van der Waals surface area contributed by atoms with Crippen LogP contribution in [0.4, 0.5) is 4.39 Å². The molecule has 124 valence electrons. The quantitative estimate of drug-likeness (QED) is 0.823. The lowest BCUT2D eigenvalue weighted by atomic mass is 9.92. The highest BCUT2D eigenvalue weighted by molar-refractivity contribution is 5.29. The molecule has 0 bridgehead atoms. The van der Waals surface area contributed by atoms with Crippen LogP contribution < -0.4 is 5.32 Å². The van der Waals surface area contributed by atoms with Crippen molar-refractivity contribution in [2.24, 2.45) is 0 Å². The van der Waals surface area contributed by atoms with Crippen molar-refractivity contribution >= 4 is 0 Å². The average molecular weight is 317 g/mol. The van der Waals surface area contributed by atoms with Gasteiger partial charge in [-0.25, -0.2) is 4.39 Å². The van der Waals surface area contributed by atoms with Gasteiger partial charge in [-0.1, -0.05) is 36.4 Å². The van der Waals surface area contributed by atoms with E-state index in [2.05, 4.69) is 5.32 Å². The molecule has 2 N–H and O–H groups in total. The Morgan fingerprint density at radius 3 is 2.52 bits per heavy atom. The number of aliphatic hydroxyl groups excluding tert-OH is 1. The van der Waals surface area contributed by atoms with E-state index in [1.807, 2.05) is 37.3 Å². The molecule has 0 heterocycles. The number of methoxy groups -OCH3 is 1. The number of benzene rings is 2. The molecule has 0 aliphatic carbocycles. The van der Waals surface area contributed by atoms with Crippen LogP contribution in [0.3, 0.4) is 0 Å². The fraction of sp³-hybridized carbons (Fsp3) is 0.368. The Balaban J connectivity index is 2.12. The van der Waals surface area contributed by atoms with Gasteiger partial charge in [-0.3, -0.25) is 0 Å². The first-order chi connectivity index (χ1) is 11.0. The molecule has 4 heteroatoms. The minimum absolute atomic E-state index is 0.292. The smallest absolute Gasteiger partial charge is 0.123 e. The molecule has 0 fully saturated rings. The van der Waals surface area contributed by atoms with Gasteiger partial charge in [0, 0.05) is 13.7 Å². The molecule has 0 radical (unpaired) electrons. The zero-order valence-corrected chi connectivity index (χ0v) is 13.8. The van der Waals surface area contributed by atoms with E-state index in [-0.39, 0.29) is 5.82 Å². The maximum atomic E-state index is 13.2. The molecule has 0 spiro atoms. The SMILES string of the molecule is COCC(C)(NCC(O)c1ccc(F)cc1C)c1ccccc1. The molecule has 2 unspecified atom stereocenters. The minimum Gasteiger partial charge on any atom is -0.387 e. The molecule has 3 nitrogen and oxygen atoms in total. The molecule has 0 aliphatic rings. The first-order valence-electron chi connectivity index (χ1n) is 7.70. The van der Waals surface area contributed by atoms with Gasteiger partial charge in [0.25, 0.3) is 0 Å². The first-order valence-corrected chi connectivity index (χ1v) is 7.70. The second kappa shape index (κ2) is 7.68. The van der Waals surface area contributed by atoms with Gasteiger partial charge < -0.3 is 15.2 Å². The van der Waals surface area contributed by atoms with Crippen LogP contribution in [0, 0.1) is 12.7 Å². The zero-order chi connectivity index (χ0) is 16.9. The molecule has 23 heavy (non-hydrogen) atoms. The van der Waals surface area contributed by atoms with Gasteiger partial charge in [0.05, 0.1) is 18.2 Å². The lowest BCUT2D eigenvalue weighted by Crippen LogP contribution is -2.45. The average Bonchev–Trinajstić information content (AvgIpc) is 2.54. The van der Waals surface area contributed by atoms with Crippen molar-refractivity contribution in [3.8, 4) is 0 Å². The molecule has 2 atom stereocenters. The first kappa shape index (κ1) is 17.6. The van der Waals surface area contributed by atoms with E-state index in [9.17, 15) is 9.50 Å². The number of hydrogen-bond acceptors (Lipinski definition) is 3. The van der Waals surface area contributed by atoms with Crippen molar-refractivity contribution in [3.63, 3.8) is 0 Å². The number of halogens is 1. The highest BCUT2D eigenvalue weighted by atomic mass is 19.1. The second-order valence-electron chi connectivity index (χ2n) is 6.03. The lowest BCUT2D eigenvalue weighted by Gasteiger charge is -2.32. The van der Waals surface area contributed by atoms with Crippen molar-refractivity contribution < 1.29 is 14.2 Å². The predicted octanol–water partition coefficient (Wildman–Crippen LogP) is 3.32. The molecular weight excluding hydrogens is 293 g/mol. The van der Waals surface area contributed by atoms with E-state index >= 15 is 0 Å². The Labute approximate surface area is 137 Å². The number of aliphatic hydroxyl groups is 1. The number of hydrogen-bond donors (Lipinski definition) is 2. The van der Waals surface area contributed by atoms with Crippen LogP contribution in [-0.4, -0.2) is 25.4 Å². The van der Waals surface area contributed by atoms with Gasteiger partial charge >= 0.3 is 0 Å². The topological polar surface area (TPSA) is 41.5 Å². The molecular formula is C19H24FNO2. The zero-order valence-electron chi connectivity index (χ0n) is 13.8. The highest BCUT2D eigenvalue weighted by Gasteiger charge is 2.27. The Morgan fingerprint density at radius 1 is 1.22 bits per heavy atom. The van der Waals surface area contributed by atoms with Gasteiger partial charge in [0.1, 0.15) is 5.82 Å². The van der Waals surface area contributed by atoms with Gasteiger partial charge in [-0.2, -0.15) is 0 Å². The monoisotopic (exact) mass is 317 g/mol. The fourth-order valence-corrected chi connectivity index (χ4v) is 2.78. The number of ether oxygens (including phenoxy) is 1. The summed E-state index contributed by atoms with van der Waals surface area (Å²) in [5, 5.41) is 13.8. The van der Waals surface area contributed by atoms with E-state index in [1.54, 1.807) is 20.1 Å². The normalized spacial score (nSPS) is 15.2. The van der Waals surface area contributed by atoms with Gasteiger partial charge in [0.2, 0.25) is 0 Å². The molecule has 0 amide bonds. The molecule has 0 aromatic heterocycles. The largest absolute Gasteiger partial charge is 0.387 e. The summed E-state index contributed by atoms with van der Waals surface area (Å²) in [6.45, 7) is 4.66. The van der Waals surface area contributed by atoms with Crippen LogP contribution in [-0.2, 0) is 10.3 Å². The van der Waals surface area contributed by atoms with E-state index < -0.39 is 11.6 Å². The predicted molar refractivity (Wildman–Crippen MR) is 89.8 cm³/mol. The summed E-state index contributed by atoms with van der Waals surface area (Å²) < 4.78 is 18.5. The molecule has 2 aromatic carbocycles. The third-order valence-corrected chi connectivity index (χ3v) is 4.12. The number of aryl methyl sites for hydroxylation is 1. The fourth-order valence-electron chi connectivity index (χ4n) is 2.78. The summed E-state index contributed by atoms with van der Waals surface area (Å²) >= 11 is 0. The third-order valence-electron chi connectivity index (χ3n) is 4.12. The van der Waals surface area contributed by atoms with Gasteiger partial charge in [-0.15, -0.1) is 0 Å². The molecule has 0 aliphatic heterocycles. The Bertz CT molecular complexity index is 633. The van der Waals surface area contributed by atoms with E-state index in [1.165, 1.54) is 12.1 Å². The van der Waals surface area contributed by atoms with Crippen molar-refractivity contribution in [1.82, 2.24) is 5.32 Å². The molecule has 0 saturated heterocycles. The van der Waals surface area contributed by atoms with Crippen molar-refractivity contribution in [2.75, 3.05) is 20.3 Å². The van der Waals surface area contributed by atoms with Crippen molar-refractivity contribution in [2.45, 2.75) is 25.5 Å². The third kappa shape index (κ3) is 4.38. The van der Waals surface area contributed by atoms with E-state index in [0.717, 1.165) is 16.7 Å². The number of nitrogens with one attached hydrogen (secondary N) is 1. The van der Waals surface area contributed by atoms with Crippen LogP contribution >= 0.6 is 0 Å². The summed E-state index contributed by atoms with van der Waals surface area (Å²) in [6, 6.07) is 14.4. The Kier molecular flexibility index (Phi) is 5.88. The van der Waals surface area contributed by atoms with Crippen LogP contribution in [0.1, 0.15) is 29.7 Å². The van der Waals surface area contributed by atoms with Crippen molar-refractivity contribution in [1.29, 1.82) is 0 Å². The van der Waals surface area contributed by atoms with Crippen LogP contribution in [0.15, 0.2) is 48.5 Å². The summed E-state index contributed by atoms with van der Waals surface area (Å²) in [4.78, 5) is 0. The highest BCUT2D eigenvalue weighted by Crippen LogP contribution is 2.23. The Hall–Kier alpha value is -1.75. The summed E-state index contributed by atoms with van der Waals surface area (Å²) in [6.07, 6.45) is -0.713. The minimum atomic E-state index is -0.713. The van der Waals surface area contributed by atoms with Gasteiger partial charge in [-0.05, 0) is 42.7 Å². The number of rotatable bonds is 7. The summed E-state index contributed by atoms with van der Waals surface area (Å²) in [5.41, 5.74) is 2.15. The van der Waals surface area contributed by atoms with E-state index in [4.69, 9.17) is 4.74 Å². The maximum Gasteiger partial charge on any atom is 0.123 e. The van der Waals surface area contributed by atoms with Gasteiger partial charge in [0.15, 0.2) is 0 Å². The molecule has 0 saturated carbocycles. The summed E-state index contributed by atoms with van der Waals surface area (Å²) in [7, 11) is 1.66. The maximum absolute atomic E-state index is 13.2. The van der Waals surface area contributed by atoms with Crippen molar-refractivity contribution in [3.05, 3.63) is 71.0 Å².